The summed E-state index contributed by atoms with van der Waals surface area (Å²) in [6.45, 7) is 4.68. The molecule has 0 amide bonds. The molecule has 5 nitrogen and oxygen atoms in total. The van der Waals surface area contributed by atoms with Crippen LogP contribution < -0.4 is 0 Å². The molecule has 59 heavy (non-hydrogen) atoms. The van der Waals surface area contributed by atoms with Crippen LogP contribution in [0.15, 0.2) is 180 Å². The van der Waals surface area contributed by atoms with Crippen molar-refractivity contribution in [3.05, 3.63) is 187 Å². The first-order valence-electron chi connectivity index (χ1n) is 20.4. The molecule has 3 aromatic heterocycles. The van der Waals surface area contributed by atoms with E-state index in [4.69, 9.17) is 19.4 Å². The number of nitrogens with zero attached hydrogens (tertiary/aromatic N) is 4. The van der Waals surface area contributed by atoms with E-state index in [1.54, 1.807) is 0 Å². The van der Waals surface area contributed by atoms with E-state index in [2.05, 4.69) is 164 Å². The summed E-state index contributed by atoms with van der Waals surface area (Å²) in [5.74, 6) is 1.97. The van der Waals surface area contributed by atoms with Gasteiger partial charge in [-0.3, -0.25) is 0 Å². The van der Waals surface area contributed by atoms with Crippen molar-refractivity contribution in [3.63, 3.8) is 0 Å². The van der Waals surface area contributed by atoms with Crippen LogP contribution in [0.25, 0.3) is 100 Å². The lowest BCUT2D eigenvalue weighted by molar-refractivity contribution is 0.651. The van der Waals surface area contributed by atoms with Crippen LogP contribution in [0.1, 0.15) is 37.8 Å². The minimum absolute atomic E-state index is 0.0910. The average Bonchev–Trinajstić information content (AvgIpc) is 3.92. The molecule has 0 saturated carbocycles. The number of rotatable bonds is 5. The van der Waals surface area contributed by atoms with E-state index in [0.717, 1.165) is 90.1 Å². The largest absolute Gasteiger partial charge is 0.455 e. The molecule has 2 aliphatic rings. The SMILES string of the molecule is CC1(C)C2=C(CCC=C2)c2ccc(-c3nc(-c4ccccc4)nc(-c4ccc5c(c4)c4ccccc4n5-c4cccc5oc6c(-c7ccccc7)cccc6c45)n3)cc21. The van der Waals surface area contributed by atoms with Gasteiger partial charge in [-0.1, -0.05) is 141 Å². The summed E-state index contributed by atoms with van der Waals surface area (Å²) in [5, 5.41) is 4.46. The Morgan fingerprint density at radius 3 is 2.02 bits per heavy atom. The normalized spacial score (nSPS) is 14.5. The highest BCUT2D eigenvalue weighted by Crippen LogP contribution is 2.51. The Morgan fingerprint density at radius 1 is 0.542 bits per heavy atom. The zero-order valence-corrected chi connectivity index (χ0v) is 32.8. The standard InChI is InChI=1S/C54H38N4O/c1-54(2)43-23-11-9-19-38(43)39-29-27-36(32-44(39)54)53-56-51(34-17-7-4-8-18-34)55-52(57-53)35-28-30-46-42(31-35)40-20-10-12-24-45(40)58(46)47-25-14-26-48-49(47)41-22-13-21-37(50(41)59-48)33-15-5-3-6-16-33/h3-8,10-18,20-32H,9,19H2,1-2H3. The van der Waals surface area contributed by atoms with Gasteiger partial charge in [0.2, 0.25) is 0 Å². The topological polar surface area (TPSA) is 56.7 Å². The fraction of sp³-hybridized carbons (Fsp3) is 0.0926. The van der Waals surface area contributed by atoms with Crippen LogP contribution in [0, 0.1) is 0 Å². The monoisotopic (exact) mass is 758 g/mol. The Kier molecular flexibility index (Phi) is 7.33. The van der Waals surface area contributed by atoms with Crippen LogP contribution in [0.4, 0.5) is 0 Å². The lowest BCUT2D eigenvalue weighted by Gasteiger charge is -2.24. The van der Waals surface area contributed by atoms with Gasteiger partial charge < -0.3 is 8.98 Å². The molecule has 0 fully saturated rings. The Labute approximate surface area is 341 Å². The van der Waals surface area contributed by atoms with Crippen LogP contribution >= 0.6 is 0 Å². The Morgan fingerprint density at radius 2 is 1.20 bits per heavy atom. The summed E-state index contributed by atoms with van der Waals surface area (Å²) in [5.41, 5.74) is 15.6. The van der Waals surface area contributed by atoms with Crippen molar-refractivity contribution in [2.24, 2.45) is 0 Å². The number of allylic oxidation sites excluding steroid dienone is 4. The Bertz CT molecular complexity index is 3400. The first kappa shape index (κ1) is 33.7. The van der Waals surface area contributed by atoms with Crippen LogP contribution in [0.2, 0.25) is 0 Å². The third kappa shape index (κ3) is 5.14. The van der Waals surface area contributed by atoms with E-state index in [1.165, 1.54) is 22.3 Å². The van der Waals surface area contributed by atoms with Crippen LogP contribution in [-0.2, 0) is 5.41 Å². The summed E-state index contributed by atoms with van der Waals surface area (Å²) in [6.07, 6.45) is 6.81. The molecule has 0 spiro atoms. The molecule has 0 radical (unpaired) electrons. The van der Waals surface area contributed by atoms with E-state index in [-0.39, 0.29) is 5.41 Å². The molecule has 2 aliphatic carbocycles. The molecule has 0 atom stereocenters. The van der Waals surface area contributed by atoms with E-state index in [9.17, 15) is 0 Å². The lowest BCUT2D eigenvalue weighted by atomic mass is 9.79. The first-order chi connectivity index (χ1) is 29.0. The smallest absolute Gasteiger partial charge is 0.164 e. The molecule has 12 rings (SSSR count). The van der Waals surface area contributed by atoms with Crippen molar-refractivity contribution in [3.8, 4) is 51.0 Å². The molecule has 0 bridgehead atoms. The second-order valence-electron chi connectivity index (χ2n) is 16.3. The molecule has 280 valence electrons. The lowest BCUT2D eigenvalue weighted by Crippen LogP contribution is -2.16. The van der Waals surface area contributed by atoms with Gasteiger partial charge in [0.15, 0.2) is 17.5 Å². The van der Waals surface area contributed by atoms with Gasteiger partial charge in [0.05, 0.1) is 22.1 Å². The van der Waals surface area contributed by atoms with Crippen LogP contribution in [-0.4, -0.2) is 19.5 Å². The van der Waals surface area contributed by atoms with Crippen molar-refractivity contribution in [2.45, 2.75) is 32.1 Å². The predicted molar refractivity (Wildman–Crippen MR) is 242 cm³/mol. The van der Waals surface area contributed by atoms with E-state index < -0.39 is 0 Å². The zero-order valence-electron chi connectivity index (χ0n) is 32.8. The Balaban J connectivity index is 1.04. The maximum absolute atomic E-state index is 6.69. The van der Waals surface area contributed by atoms with Gasteiger partial charge in [-0.15, -0.1) is 0 Å². The number of furan rings is 1. The second-order valence-corrected chi connectivity index (χ2v) is 16.3. The number of benzene rings is 7. The molecule has 7 aromatic carbocycles. The van der Waals surface area contributed by atoms with E-state index >= 15 is 0 Å². The number of hydrogen-bond donors (Lipinski definition) is 0. The Hall–Kier alpha value is -7.37. The molecule has 0 aliphatic heterocycles. The van der Waals surface area contributed by atoms with Crippen molar-refractivity contribution in [1.82, 2.24) is 19.5 Å². The molecule has 3 heterocycles. The molecular formula is C54H38N4O. The fourth-order valence-corrected chi connectivity index (χ4v) is 9.72. The summed E-state index contributed by atoms with van der Waals surface area (Å²) in [4.78, 5) is 15.5. The maximum Gasteiger partial charge on any atom is 0.164 e. The van der Waals surface area contributed by atoms with Gasteiger partial charge in [-0.25, -0.2) is 15.0 Å². The minimum Gasteiger partial charge on any atom is -0.455 e. The summed E-state index contributed by atoms with van der Waals surface area (Å²) in [6, 6.07) is 55.6. The summed E-state index contributed by atoms with van der Waals surface area (Å²) >= 11 is 0. The summed E-state index contributed by atoms with van der Waals surface area (Å²) in [7, 11) is 0. The van der Waals surface area contributed by atoms with Gasteiger partial charge >= 0.3 is 0 Å². The highest BCUT2D eigenvalue weighted by atomic mass is 16.3. The first-order valence-corrected chi connectivity index (χ1v) is 20.4. The second kappa shape index (κ2) is 12.8. The highest BCUT2D eigenvalue weighted by Gasteiger charge is 2.37. The highest BCUT2D eigenvalue weighted by molar-refractivity contribution is 6.16. The number of para-hydroxylation sites is 2. The van der Waals surface area contributed by atoms with Crippen molar-refractivity contribution in [2.75, 3.05) is 0 Å². The van der Waals surface area contributed by atoms with Gasteiger partial charge in [-0.2, -0.15) is 0 Å². The third-order valence-corrected chi connectivity index (χ3v) is 12.5. The molecule has 0 saturated heterocycles. The van der Waals surface area contributed by atoms with Crippen molar-refractivity contribution in [1.29, 1.82) is 0 Å². The molecule has 5 heteroatoms. The van der Waals surface area contributed by atoms with Gasteiger partial charge in [0.25, 0.3) is 0 Å². The average molecular weight is 759 g/mol. The quantitative estimate of drug-likeness (QED) is 0.175. The molecule has 0 N–H and O–H groups in total. The molecule has 10 aromatic rings. The van der Waals surface area contributed by atoms with E-state index in [0.29, 0.717) is 17.5 Å². The summed E-state index contributed by atoms with van der Waals surface area (Å²) < 4.78 is 9.07. The van der Waals surface area contributed by atoms with Crippen LogP contribution in [0.5, 0.6) is 0 Å². The van der Waals surface area contributed by atoms with Gasteiger partial charge in [0, 0.05) is 43.8 Å². The van der Waals surface area contributed by atoms with Crippen LogP contribution in [0.3, 0.4) is 0 Å². The van der Waals surface area contributed by atoms with Gasteiger partial charge in [0.1, 0.15) is 11.2 Å². The number of hydrogen-bond acceptors (Lipinski definition) is 4. The van der Waals surface area contributed by atoms with Gasteiger partial charge in [-0.05, 0) is 83.1 Å². The number of aromatic nitrogens is 4. The number of fused-ring (bicyclic) bond motifs is 8. The van der Waals surface area contributed by atoms with Crippen molar-refractivity contribution < 1.29 is 4.42 Å². The third-order valence-electron chi connectivity index (χ3n) is 12.5. The molecular weight excluding hydrogens is 721 g/mol. The molecule has 0 unspecified atom stereocenters. The zero-order chi connectivity index (χ0) is 39.2. The maximum atomic E-state index is 6.69. The van der Waals surface area contributed by atoms with E-state index in [1.807, 2.05) is 24.3 Å². The minimum atomic E-state index is -0.0910. The predicted octanol–water partition coefficient (Wildman–Crippen LogP) is 13.9. The fourth-order valence-electron chi connectivity index (χ4n) is 9.72. The van der Waals surface area contributed by atoms with Crippen molar-refractivity contribution >= 4 is 49.3 Å².